The zero-order valence-corrected chi connectivity index (χ0v) is 6.74. The summed E-state index contributed by atoms with van der Waals surface area (Å²) in [7, 11) is 0. The van der Waals surface area contributed by atoms with Crippen LogP contribution in [0.25, 0.3) is 0 Å². The lowest BCUT2D eigenvalue weighted by Crippen LogP contribution is -2.43. The first-order valence-corrected chi connectivity index (χ1v) is 3.76. The zero-order valence-electron chi connectivity index (χ0n) is 6.74. The summed E-state index contributed by atoms with van der Waals surface area (Å²) in [5, 5.41) is 11.2. The molecule has 68 valence electrons. The Hall–Kier alpha value is -1.10. The molecule has 12 heavy (non-hydrogen) atoms. The van der Waals surface area contributed by atoms with Crippen LogP contribution in [0.3, 0.4) is 0 Å². The normalized spacial score (nSPS) is 25.1. The predicted molar refractivity (Wildman–Crippen MR) is 39.6 cm³/mol. The Morgan fingerprint density at radius 2 is 2.50 bits per heavy atom. The van der Waals surface area contributed by atoms with Crippen molar-refractivity contribution in [1.82, 2.24) is 5.32 Å². The number of carboxylic acid groups (broad SMARTS) is 1. The minimum Gasteiger partial charge on any atom is -0.480 e. The third-order valence-electron chi connectivity index (χ3n) is 1.76. The van der Waals surface area contributed by atoms with Crippen LogP contribution in [0, 0.1) is 0 Å². The van der Waals surface area contributed by atoms with E-state index >= 15 is 0 Å². The molecule has 0 aliphatic carbocycles. The number of carbonyl (C=O) groups excluding carboxylic acids is 1. The first-order valence-electron chi connectivity index (χ1n) is 3.76. The molecule has 1 fully saturated rings. The number of nitrogens with one attached hydrogen (secondary N) is 1. The average molecular weight is 173 g/mol. The lowest BCUT2D eigenvalue weighted by Gasteiger charge is -2.11. The predicted octanol–water partition coefficient (Wildman–Crippen LogP) is -0.635. The maximum atomic E-state index is 10.9. The summed E-state index contributed by atoms with van der Waals surface area (Å²) in [5.74, 6) is -1.32. The van der Waals surface area contributed by atoms with E-state index in [9.17, 15) is 9.59 Å². The minimum absolute atomic E-state index is 0.358. The van der Waals surface area contributed by atoms with E-state index in [0.717, 1.165) is 0 Å². The molecule has 1 rings (SSSR count). The number of rotatable bonds is 3. The van der Waals surface area contributed by atoms with Crippen molar-refractivity contribution in [2.24, 2.45) is 0 Å². The van der Waals surface area contributed by atoms with Crippen LogP contribution in [0.4, 0.5) is 0 Å². The summed E-state index contributed by atoms with van der Waals surface area (Å²) in [4.78, 5) is 21.2. The van der Waals surface area contributed by atoms with Gasteiger partial charge in [-0.15, -0.1) is 0 Å². The van der Waals surface area contributed by atoms with Gasteiger partial charge in [0.05, 0.1) is 6.61 Å². The molecule has 1 unspecified atom stereocenters. The molecular formula is C7H11NO4. The third kappa shape index (κ3) is 1.94. The highest BCUT2D eigenvalue weighted by Gasteiger charge is 2.28. The maximum absolute atomic E-state index is 10.9. The van der Waals surface area contributed by atoms with Crippen LogP contribution in [0.5, 0.6) is 0 Å². The number of ether oxygens (including phenoxy) is 1. The van der Waals surface area contributed by atoms with Crippen molar-refractivity contribution < 1.29 is 19.4 Å². The molecule has 1 aliphatic heterocycles. The largest absolute Gasteiger partial charge is 0.480 e. The highest BCUT2D eigenvalue weighted by Crippen LogP contribution is 2.06. The van der Waals surface area contributed by atoms with Crippen molar-refractivity contribution in [3.05, 3.63) is 0 Å². The molecule has 2 N–H and O–H groups in total. The monoisotopic (exact) mass is 173 g/mol. The second-order valence-electron chi connectivity index (χ2n) is 2.74. The van der Waals surface area contributed by atoms with Crippen LogP contribution in [-0.4, -0.2) is 35.7 Å². The van der Waals surface area contributed by atoms with Crippen molar-refractivity contribution in [3.8, 4) is 0 Å². The summed E-state index contributed by atoms with van der Waals surface area (Å²) >= 11 is 0. The molecule has 0 bridgehead atoms. The molecule has 0 aromatic heterocycles. The van der Waals surface area contributed by atoms with E-state index in [0.29, 0.717) is 13.0 Å². The number of carboxylic acids is 1. The third-order valence-corrected chi connectivity index (χ3v) is 1.76. The molecule has 2 atom stereocenters. The second-order valence-corrected chi connectivity index (χ2v) is 2.74. The summed E-state index contributed by atoms with van der Waals surface area (Å²) in [6.45, 7) is 1.87. The van der Waals surface area contributed by atoms with Crippen LogP contribution in [0.2, 0.25) is 0 Å². The molecule has 0 saturated carbocycles. The fourth-order valence-electron chi connectivity index (χ4n) is 1.02. The van der Waals surface area contributed by atoms with Crippen molar-refractivity contribution in [2.75, 3.05) is 6.61 Å². The van der Waals surface area contributed by atoms with Crippen LogP contribution < -0.4 is 5.32 Å². The van der Waals surface area contributed by atoms with E-state index in [1.807, 2.05) is 0 Å². The minimum atomic E-state index is -0.963. The van der Waals surface area contributed by atoms with Gasteiger partial charge in [0, 0.05) is 6.42 Å². The molecule has 0 amide bonds. The molecule has 0 radical (unpaired) electrons. The van der Waals surface area contributed by atoms with E-state index < -0.39 is 18.1 Å². The topological polar surface area (TPSA) is 75.6 Å². The quantitative estimate of drug-likeness (QED) is 0.555. The van der Waals surface area contributed by atoms with E-state index in [4.69, 9.17) is 5.11 Å². The standard InChI is InChI=1S/C7H11NO4/c1-4(6(9)10)8-5-2-3-12-7(5)11/h4-5,8H,2-3H2,1H3,(H,9,10)/t4?,5-/m0/s1. The second kappa shape index (κ2) is 3.53. The van der Waals surface area contributed by atoms with E-state index in [-0.39, 0.29) is 5.97 Å². The summed E-state index contributed by atoms with van der Waals surface area (Å²) < 4.78 is 4.65. The highest BCUT2D eigenvalue weighted by atomic mass is 16.5. The lowest BCUT2D eigenvalue weighted by molar-refractivity contribution is -0.141. The molecule has 0 aromatic carbocycles. The van der Waals surface area contributed by atoms with Gasteiger partial charge in [-0.2, -0.15) is 0 Å². The van der Waals surface area contributed by atoms with Crippen LogP contribution in [0.15, 0.2) is 0 Å². The van der Waals surface area contributed by atoms with Gasteiger partial charge in [-0.05, 0) is 6.92 Å². The van der Waals surface area contributed by atoms with Crippen LogP contribution in [-0.2, 0) is 14.3 Å². The van der Waals surface area contributed by atoms with E-state index in [1.54, 1.807) is 0 Å². The van der Waals surface area contributed by atoms with Gasteiger partial charge < -0.3 is 9.84 Å². The Balaban J connectivity index is 2.40. The Labute approximate surface area is 69.7 Å². The molecule has 5 nitrogen and oxygen atoms in total. The van der Waals surface area contributed by atoms with Gasteiger partial charge in [-0.3, -0.25) is 14.9 Å². The Morgan fingerprint density at radius 1 is 1.83 bits per heavy atom. The van der Waals surface area contributed by atoms with E-state index in [2.05, 4.69) is 10.1 Å². The fraction of sp³-hybridized carbons (Fsp3) is 0.714. The molecule has 1 aliphatic rings. The fourth-order valence-corrected chi connectivity index (χ4v) is 1.02. The van der Waals surface area contributed by atoms with Gasteiger partial charge in [-0.25, -0.2) is 0 Å². The van der Waals surface area contributed by atoms with Crippen LogP contribution in [0.1, 0.15) is 13.3 Å². The average Bonchev–Trinajstić information content (AvgIpc) is 2.36. The first kappa shape index (κ1) is 8.99. The van der Waals surface area contributed by atoms with Gasteiger partial charge in [0.15, 0.2) is 0 Å². The van der Waals surface area contributed by atoms with Gasteiger partial charge >= 0.3 is 11.9 Å². The number of hydrogen-bond donors (Lipinski definition) is 2. The first-order chi connectivity index (χ1) is 5.61. The molecule has 1 heterocycles. The van der Waals surface area contributed by atoms with Gasteiger partial charge in [-0.1, -0.05) is 0 Å². The summed E-state index contributed by atoms with van der Waals surface area (Å²) in [5.41, 5.74) is 0. The number of hydrogen-bond acceptors (Lipinski definition) is 4. The van der Waals surface area contributed by atoms with Gasteiger partial charge in [0.1, 0.15) is 12.1 Å². The molecule has 0 spiro atoms. The Kier molecular flexibility index (Phi) is 2.65. The number of esters is 1. The van der Waals surface area contributed by atoms with Crippen LogP contribution >= 0.6 is 0 Å². The lowest BCUT2D eigenvalue weighted by atomic mass is 10.2. The van der Waals surface area contributed by atoms with Crippen molar-refractivity contribution in [1.29, 1.82) is 0 Å². The number of carbonyl (C=O) groups is 2. The maximum Gasteiger partial charge on any atom is 0.323 e. The van der Waals surface area contributed by atoms with Crippen molar-refractivity contribution in [2.45, 2.75) is 25.4 Å². The highest BCUT2D eigenvalue weighted by molar-refractivity contribution is 5.79. The van der Waals surface area contributed by atoms with Crippen molar-refractivity contribution >= 4 is 11.9 Å². The molecule has 1 saturated heterocycles. The summed E-state index contributed by atoms with van der Waals surface area (Å²) in [6, 6.07) is -1.16. The summed E-state index contributed by atoms with van der Waals surface area (Å²) in [6.07, 6.45) is 0.552. The molecule has 0 aromatic rings. The molecular weight excluding hydrogens is 162 g/mol. The SMILES string of the molecule is CC(N[C@H]1CCOC1=O)C(=O)O. The van der Waals surface area contributed by atoms with E-state index in [1.165, 1.54) is 6.92 Å². The Bertz CT molecular complexity index is 204. The number of cyclic esters (lactones) is 1. The van der Waals surface area contributed by atoms with Crippen molar-refractivity contribution in [3.63, 3.8) is 0 Å². The zero-order chi connectivity index (χ0) is 9.14. The number of aliphatic carboxylic acids is 1. The smallest absolute Gasteiger partial charge is 0.323 e. The van der Waals surface area contributed by atoms with Gasteiger partial charge in [0.2, 0.25) is 0 Å². The molecule has 5 heteroatoms. The van der Waals surface area contributed by atoms with Gasteiger partial charge in [0.25, 0.3) is 0 Å². The Morgan fingerprint density at radius 3 is 2.92 bits per heavy atom.